The van der Waals surface area contributed by atoms with Crippen LogP contribution >= 0.6 is 11.3 Å². The Bertz CT molecular complexity index is 970. The van der Waals surface area contributed by atoms with Crippen molar-refractivity contribution in [3.05, 3.63) is 58.6 Å². The summed E-state index contributed by atoms with van der Waals surface area (Å²) >= 11 is 1.11. The standard InChI is InChI=1S/C13H10N4O4S2/c18-17(19)9-6-7-11-12(8-9)22-13(14-11)15-16-23(20,21)10-4-2-1-3-5-10/h1-8,16H,(H,14,15). The number of thiazole rings is 1. The minimum Gasteiger partial charge on any atom is -0.283 e. The predicted octanol–water partition coefficient (Wildman–Crippen LogP) is 2.51. The smallest absolute Gasteiger partial charge is 0.270 e. The minimum absolute atomic E-state index is 0.0439. The minimum atomic E-state index is -3.72. The van der Waals surface area contributed by atoms with Crippen molar-refractivity contribution in [1.29, 1.82) is 0 Å². The molecule has 0 fully saturated rings. The number of sulfonamides is 1. The van der Waals surface area contributed by atoms with E-state index in [0.29, 0.717) is 15.3 Å². The molecule has 3 aromatic rings. The van der Waals surface area contributed by atoms with E-state index in [-0.39, 0.29) is 10.6 Å². The molecule has 1 aromatic heterocycles. The maximum absolute atomic E-state index is 12.1. The van der Waals surface area contributed by atoms with Gasteiger partial charge in [-0.1, -0.05) is 29.5 Å². The number of hydrazine groups is 1. The molecule has 2 aromatic carbocycles. The van der Waals surface area contributed by atoms with Gasteiger partial charge in [0.25, 0.3) is 15.7 Å². The highest BCUT2D eigenvalue weighted by Crippen LogP contribution is 2.28. The first-order chi connectivity index (χ1) is 11.0. The van der Waals surface area contributed by atoms with E-state index in [2.05, 4.69) is 15.2 Å². The molecule has 1 heterocycles. The van der Waals surface area contributed by atoms with Gasteiger partial charge < -0.3 is 0 Å². The second-order valence-electron chi connectivity index (χ2n) is 4.47. The average molecular weight is 350 g/mol. The molecule has 0 aliphatic rings. The van der Waals surface area contributed by atoms with E-state index in [1.807, 2.05) is 0 Å². The Morgan fingerprint density at radius 2 is 1.87 bits per heavy atom. The third-order valence-corrected chi connectivity index (χ3v) is 5.13. The van der Waals surface area contributed by atoms with Crippen molar-refractivity contribution < 1.29 is 13.3 Å². The van der Waals surface area contributed by atoms with Crippen LogP contribution in [0.4, 0.5) is 10.8 Å². The lowest BCUT2D eigenvalue weighted by atomic mass is 10.3. The summed E-state index contributed by atoms with van der Waals surface area (Å²) in [5.41, 5.74) is 3.02. The molecule has 2 N–H and O–H groups in total. The van der Waals surface area contributed by atoms with Crippen LogP contribution in [0.25, 0.3) is 10.2 Å². The molecule has 10 heteroatoms. The van der Waals surface area contributed by atoms with Crippen molar-refractivity contribution in [2.75, 3.05) is 5.43 Å². The zero-order valence-electron chi connectivity index (χ0n) is 11.5. The molecule has 0 saturated carbocycles. The molecule has 0 saturated heterocycles. The number of fused-ring (bicyclic) bond motifs is 1. The van der Waals surface area contributed by atoms with Crippen LogP contribution in [0.2, 0.25) is 0 Å². The summed E-state index contributed by atoms with van der Waals surface area (Å²) in [7, 11) is -3.72. The average Bonchev–Trinajstić information content (AvgIpc) is 2.96. The van der Waals surface area contributed by atoms with E-state index in [9.17, 15) is 18.5 Å². The van der Waals surface area contributed by atoms with Crippen LogP contribution in [0.1, 0.15) is 0 Å². The van der Waals surface area contributed by atoms with Crippen molar-refractivity contribution in [1.82, 2.24) is 9.82 Å². The van der Waals surface area contributed by atoms with Gasteiger partial charge in [-0.05, 0) is 18.2 Å². The first kappa shape index (κ1) is 15.3. The lowest BCUT2D eigenvalue weighted by Gasteiger charge is -2.06. The maximum Gasteiger partial charge on any atom is 0.270 e. The Labute approximate surface area is 135 Å². The van der Waals surface area contributed by atoms with Gasteiger partial charge in [0.2, 0.25) is 0 Å². The van der Waals surface area contributed by atoms with Crippen LogP contribution < -0.4 is 10.3 Å². The van der Waals surface area contributed by atoms with Crippen LogP contribution in [-0.2, 0) is 10.0 Å². The van der Waals surface area contributed by atoms with E-state index >= 15 is 0 Å². The molecule has 23 heavy (non-hydrogen) atoms. The fourth-order valence-corrected chi connectivity index (χ4v) is 3.63. The summed E-state index contributed by atoms with van der Waals surface area (Å²) in [4.78, 5) is 16.8. The molecule has 0 unspecified atom stereocenters. The number of anilines is 1. The highest BCUT2D eigenvalue weighted by molar-refractivity contribution is 7.89. The van der Waals surface area contributed by atoms with E-state index in [1.54, 1.807) is 18.2 Å². The number of nitro benzene ring substituents is 1. The molecule has 0 radical (unpaired) electrons. The van der Waals surface area contributed by atoms with Crippen LogP contribution in [-0.4, -0.2) is 18.3 Å². The van der Waals surface area contributed by atoms with Crippen LogP contribution in [0.15, 0.2) is 53.4 Å². The van der Waals surface area contributed by atoms with Gasteiger partial charge in [0.15, 0.2) is 5.13 Å². The third kappa shape index (κ3) is 3.28. The number of nitrogens with one attached hydrogen (secondary N) is 2. The molecular weight excluding hydrogens is 340 g/mol. The number of benzene rings is 2. The topological polar surface area (TPSA) is 114 Å². The second kappa shape index (κ2) is 5.91. The molecule has 0 spiro atoms. The number of rotatable bonds is 5. The molecule has 8 nitrogen and oxygen atoms in total. The Morgan fingerprint density at radius 3 is 2.57 bits per heavy atom. The van der Waals surface area contributed by atoms with Crippen molar-refractivity contribution in [2.24, 2.45) is 0 Å². The number of nitro groups is 1. The number of aromatic nitrogens is 1. The van der Waals surface area contributed by atoms with Gasteiger partial charge in [-0.25, -0.2) is 13.4 Å². The number of hydrogen-bond acceptors (Lipinski definition) is 7. The lowest BCUT2D eigenvalue weighted by molar-refractivity contribution is -0.384. The molecule has 0 amide bonds. The van der Waals surface area contributed by atoms with Crippen molar-refractivity contribution in [2.45, 2.75) is 4.90 Å². The molecule has 0 aliphatic carbocycles. The number of hydrogen-bond donors (Lipinski definition) is 2. The van der Waals surface area contributed by atoms with Gasteiger partial charge in [-0.15, -0.1) is 4.83 Å². The Balaban J connectivity index is 1.81. The molecule has 118 valence electrons. The zero-order valence-corrected chi connectivity index (χ0v) is 13.1. The van der Waals surface area contributed by atoms with Gasteiger partial charge in [-0.3, -0.25) is 15.5 Å². The Morgan fingerprint density at radius 1 is 1.13 bits per heavy atom. The third-order valence-electron chi connectivity index (χ3n) is 2.93. The van der Waals surface area contributed by atoms with Gasteiger partial charge in [0, 0.05) is 12.1 Å². The van der Waals surface area contributed by atoms with Gasteiger partial charge >= 0.3 is 0 Å². The SMILES string of the molecule is O=[N+]([O-])c1ccc2nc(NNS(=O)(=O)c3ccccc3)sc2c1. The van der Waals surface area contributed by atoms with Gasteiger partial charge in [-0.2, -0.15) is 0 Å². The molecule has 3 rings (SSSR count). The quantitative estimate of drug-likeness (QED) is 0.540. The summed E-state index contributed by atoms with van der Waals surface area (Å²) < 4.78 is 24.7. The van der Waals surface area contributed by atoms with Crippen LogP contribution in [0, 0.1) is 10.1 Å². The van der Waals surface area contributed by atoms with E-state index < -0.39 is 14.9 Å². The van der Waals surface area contributed by atoms with Crippen LogP contribution in [0.3, 0.4) is 0 Å². The fraction of sp³-hybridized carbons (Fsp3) is 0. The first-order valence-corrected chi connectivity index (χ1v) is 8.63. The summed E-state index contributed by atoms with van der Waals surface area (Å²) in [6.45, 7) is 0. The van der Waals surface area contributed by atoms with Crippen molar-refractivity contribution in [3.63, 3.8) is 0 Å². The first-order valence-electron chi connectivity index (χ1n) is 6.33. The highest BCUT2D eigenvalue weighted by Gasteiger charge is 2.15. The largest absolute Gasteiger partial charge is 0.283 e. The monoisotopic (exact) mass is 350 g/mol. The number of nitrogens with zero attached hydrogens (tertiary/aromatic N) is 2. The zero-order chi connectivity index (χ0) is 16.4. The van der Waals surface area contributed by atoms with E-state index in [0.717, 1.165) is 11.3 Å². The van der Waals surface area contributed by atoms with E-state index in [1.165, 1.54) is 30.3 Å². The van der Waals surface area contributed by atoms with Gasteiger partial charge in [0.1, 0.15) is 0 Å². The Kier molecular flexibility index (Phi) is 3.94. The van der Waals surface area contributed by atoms with E-state index in [4.69, 9.17) is 0 Å². The molecular formula is C13H10N4O4S2. The maximum atomic E-state index is 12.1. The second-order valence-corrected chi connectivity index (χ2v) is 7.18. The normalized spacial score (nSPS) is 11.5. The van der Waals surface area contributed by atoms with Gasteiger partial charge in [0.05, 0.1) is 20.0 Å². The number of non-ortho nitro benzene ring substituents is 1. The highest BCUT2D eigenvalue weighted by atomic mass is 32.2. The predicted molar refractivity (Wildman–Crippen MR) is 86.7 cm³/mol. The summed E-state index contributed by atoms with van der Waals surface area (Å²) in [5.74, 6) is 0. The fourth-order valence-electron chi connectivity index (χ4n) is 1.85. The molecule has 0 atom stereocenters. The summed E-state index contributed by atoms with van der Waals surface area (Å²) in [5, 5.41) is 11.0. The summed E-state index contributed by atoms with van der Waals surface area (Å²) in [6, 6.07) is 12.1. The summed E-state index contributed by atoms with van der Waals surface area (Å²) in [6.07, 6.45) is 0. The van der Waals surface area contributed by atoms with Crippen LogP contribution in [0.5, 0.6) is 0 Å². The van der Waals surface area contributed by atoms with Crippen molar-refractivity contribution in [3.8, 4) is 0 Å². The molecule has 0 bridgehead atoms. The molecule has 0 aliphatic heterocycles. The van der Waals surface area contributed by atoms with Crippen molar-refractivity contribution >= 4 is 42.4 Å². The Hall–Kier alpha value is -2.56. The lowest BCUT2D eigenvalue weighted by Crippen LogP contribution is -2.29.